The lowest BCUT2D eigenvalue weighted by Crippen LogP contribution is -2.50. The van der Waals surface area contributed by atoms with E-state index >= 15 is 0 Å². The predicted molar refractivity (Wildman–Crippen MR) is 70.8 cm³/mol. The number of aliphatic carboxylic acids is 1. The van der Waals surface area contributed by atoms with Crippen molar-refractivity contribution in [3.8, 4) is 0 Å². The summed E-state index contributed by atoms with van der Waals surface area (Å²) in [7, 11) is 0. The van der Waals surface area contributed by atoms with E-state index in [9.17, 15) is 4.79 Å². The Morgan fingerprint density at radius 3 is 2.39 bits per heavy atom. The number of nitrogens with one attached hydrogen (secondary N) is 1. The van der Waals surface area contributed by atoms with E-state index < -0.39 is 11.5 Å². The Balaban J connectivity index is 3.65. The minimum atomic E-state index is -0.909. The van der Waals surface area contributed by atoms with E-state index in [-0.39, 0.29) is 0 Å². The second-order valence-corrected chi connectivity index (χ2v) is 5.00. The first-order chi connectivity index (χ1) is 8.42. The molecule has 0 spiro atoms. The van der Waals surface area contributed by atoms with Gasteiger partial charge >= 0.3 is 5.97 Å². The van der Waals surface area contributed by atoms with Gasteiger partial charge in [0.2, 0.25) is 0 Å². The van der Waals surface area contributed by atoms with Gasteiger partial charge in [0.15, 0.2) is 0 Å². The molecule has 0 aliphatic carbocycles. The van der Waals surface area contributed by atoms with Crippen LogP contribution in [0.4, 0.5) is 0 Å². The Hall–Kier alpha value is -0.650. The highest BCUT2D eigenvalue weighted by atomic mass is 16.5. The van der Waals surface area contributed by atoms with Crippen molar-refractivity contribution in [1.82, 2.24) is 5.32 Å². The van der Waals surface area contributed by atoms with Gasteiger partial charge in [0.25, 0.3) is 0 Å². The van der Waals surface area contributed by atoms with Crippen molar-refractivity contribution in [1.29, 1.82) is 0 Å². The van der Waals surface area contributed by atoms with Crippen molar-refractivity contribution in [2.45, 2.75) is 39.7 Å². The maximum absolute atomic E-state index is 11.1. The maximum Gasteiger partial charge on any atom is 0.323 e. The molecule has 0 heterocycles. The molecule has 0 amide bonds. The van der Waals surface area contributed by atoms with E-state index in [2.05, 4.69) is 19.2 Å². The molecule has 1 atom stereocenters. The number of carboxylic acids is 1. The van der Waals surface area contributed by atoms with E-state index in [1.807, 2.05) is 6.92 Å². The average molecular weight is 261 g/mol. The topological polar surface area (TPSA) is 67.8 Å². The third kappa shape index (κ3) is 7.63. The lowest BCUT2D eigenvalue weighted by atomic mass is 9.99. The third-order valence-corrected chi connectivity index (χ3v) is 2.61. The summed E-state index contributed by atoms with van der Waals surface area (Å²) in [6.45, 7) is 10.6. The van der Waals surface area contributed by atoms with E-state index in [1.165, 1.54) is 0 Å². The Kier molecular flexibility index (Phi) is 8.97. The van der Waals surface area contributed by atoms with Crippen molar-refractivity contribution >= 4 is 5.97 Å². The van der Waals surface area contributed by atoms with E-state index in [0.717, 1.165) is 6.61 Å². The monoisotopic (exact) mass is 261 g/mol. The average Bonchev–Trinajstić information content (AvgIpc) is 2.27. The van der Waals surface area contributed by atoms with Crippen LogP contribution >= 0.6 is 0 Å². The Morgan fingerprint density at radius 2 is 1.89 bits per heavy atom. The number of rotatable bonds is 11. The summed E-state index contributed by atoms with van der Waals surface area (Å²) in [6.07, 6.45) is 0.445. The van der Waals surface area contributed by atoms with Gasteiger partial charge in [-0.1, -0.05) is 20.8 Å². The van der Waals surface area contributed by atoms with Crippen molar-refractivity contribution in [2.24, 2.45) is 5.92 Å². The minimum Gasteiger partial charge on any atom is -0.480 e. The molecule has 0 fully saturated rings. The van der Waals surface area contributed by atoms with Gasteiger partial charge in [0.1, 0.15) is 5.54 Å². The van der Waals surface area contributed by atoms with Crippen molar-refractivity contribution in [3.63, 3.8) is 0 Å². The molecule has 2 N–H and O–H groups in total. The van der Waals surface area contributed by atoms with Crippen molar-refractivity contribution in [3.05, 3.63) is 0 Å². The lowest BCUT2D eigenvalue weighted by molar-refractivity contribution is -0.145. The molecule has 0 aliphatic heterocycles. The fourth-order valence-corrected chi connectivity index (χ4v) is 1.48. The molecule has 0 saturated carbocycles. The maximum atomic E-state index is 11.1. The number of carboxylic acid groups (broad SMARTS) is 1. The van der Waals surface area contributed by atoms with Gasteiger partial charge in [-0.05, 0) is 25.8 Å². The second-order valence-electron chi connectivity index (χ2n) is 5.00. The van der Waals surface area contributed by atoms with Gasteiger partial charge in [0.05, 0.1) is 13.2 Å². The molecule has 1 unspecified atom stereocenters. The molecule has 0 rings (SSSR count). The zero-order chi connectivity index (χ0) is 14.0. The van der Waals surface area contributed by atoms with Crippen LogP contribution < -0.4 is 5.32 Å². The molecule has 0 aromatic carbocycles. The van der Waals surface area contributed by atoms with Gasteiger partial charge in [-0.2, -0.15) is 0 Å². The van der Waals surface area contributed by atoms with Crippen LogP contribution in [-0.4, -0.2) is 49.6 Å². The normalized spacial score (nSPS) is 14.7. The van der Waals surface area contributed by atoms with E-state index in [4.69, 9.17) is 14.6 Å². The SMILES string of the molecule is CCNC(C)(CCOCCOCC(C)C)C(=O)O. The molecule has 5 nitrogen and oxygen atoms in total. The molecular formula is C13H27NO4. The van der Waals surface area contributed by atoms with Crippen LogP contribution in [0.3, 0.4) is 0 Å². The number of likely N-dealkylation sites (N-methyl/N-ethyl adjacent to an activating group) is 1. The Labute approximate surface area is 110 Å². The summed E-state index contributed by atoms with van der Waals surface area (Å²) in [6, 6.07) is 0. The summed E-state index contributed by atoms with van der Waals surface area (Å²) in [4.78, 5) is 11.1. The first-order valence-corrected chi connectivity index (χ1v) is 6.56. The molecule has 0 aromatic heterocycles. The number of carbonyl (C=O) groups is 1. The van der Waals surface area contributed by atoms with Gasteiger partial charge in [-0.25, -0.2) is 0 Å². The van der Waals surface area contributed by atoms with E-state index in [0.29, 0.717) is 38.7 Å². The van der Waals surface area contributed by atoms with Crippen LogP contribution in [0, 0.1) is 5.92 Å². The first kappa shape index (κ1) is 17.4. The lowest BCUT2D eigenvalue weighted by Gasteiger charge is -2.25. The van der Waals surface area contributed by atoms with Crippen LogP contribution in [0.25, 0.3) is 0 Å². The Bertz CT molecular complexity index is 233. The van der Waals surface area contributed by atoms with Crippen LogP contribution in [0.2, 0.25) is 0 Å². The van der Waals surface area contributed by atoms with Gasteiger partial charge in [0, 0.05) is 13.2 Å². The predicted octanol–water partition coefficient (Wildman–Crippen LogP) is 1.52. The highest BCUT2D eigenvalue weighted by molar-refractivity contribution is 5.78. The van der Waals surface area contributed by atoms with Crippen LogP contribution in [0.15, 0.2) is 0 Å². The molecular weight excluding hydrogens is 234 g/mol. The largest absolute Gasteiger partial charge is 0.480 e. The molecule has 0 saturated heterocycles. The minimum absolute atomic E-state index is 0.417. The number of hydrogen-bond acceptors (Lipinski definition) is 4. The Morgan fingerprint density at radius 1 is 1.28 bits per heavy atom. The van der Waals surface area contributed by atoms with Crippen molar-refractivity contribution < 1.29 is 19.4 Å². The van der Waals surface area contributed by atoms with Gasteiger partial charge in [-0.15, -0.1) is 0 Å². The highest BCUT2D eigenvalue weighted by Crippen LogP contribution is 2.09. The highest BCUT2D eigenvalue weighted by Gasteiger charge is 2.31. The van der Waals surface area contributed by atoms with Crippen LogP contribution in [-0.2, 0) is 14.3 Å². The number of hydrogen-bond donors (Lipinski definition) is 2. The smallest absolute Gasteiger partial charge is 0.323 e. The summed E-state index contributed by atoms with van der Waals surface area (Å²) >= 11 is 0. The molecule has 0 radical (unpaired) electrons. The second kappa shape index (κ2) is 9.30. The van der Waals surface area contributed by atoms with Crippen LogP contribution in [0.1, 0.15) is 34.1 Å². The van der Waals surface area contributed by atoms with Crippen molar-refractivity contribution in [2.75, 3.05) is 33.0 Å². The van der Waals surface area contributed by atoms with E-state index in [1.54, 1.807) is 6.92 Å². The molecule has 108 valence electrons. The molecule has 0 aliphatic rings. The molecule has 18 heavy (non-hydrogen) atoms. The molecule has 0 bridgehead atoms. The standard InChI is InChI=1S/C13H27NO4/c1-5-14-13(4,12(15)16)6-7-17-8-9-18-10-11(2)3/h11,14H,5-10H2,1-4H3,(H,15,16). The summed E-state index contributed by atoms with van der Waals surface area (Å²) in [5.41, 5.74) is -0.909. The zero-order valence-electron chi connectivity index (χ0n) is 12.0. The quantitative estimate of drug-likeness (QED) is 0.552. The number of ether oxygens (including phenoxy) is 2. The molecule has 0 aromatic rings. The fraction of sp³-hybridized carbons (Fsp3) is 0.923. The zero-order valence-corrected chi connectivity index (χ0v) is 12.0. The summed E-state index contributed by atoms with van der Waals surface area (Å²) in [5, 5.41) is 12.1. The first-order valence-electron chi connectivity index (χ1n) is 6.56. The summed E-state index contributed by atoms with van der Waals surface area (Å²) < 4.78 is 10.7. The summed E-state index contributed by atoms with van der Waals surface area (Å²) in [5.74, 6) is -0.321. The van der Waals surface area contributed by atoms with Gasteiger partial charge in [-0.3, -0.25) is 4.79 Å². The fourth-order valence-electron chi connectivity index (χ4n) is 1.48. The molecule has 5 heteroatoms. The third-order valence-electron chi connectivity index (χ3n) is 2.61. The van der Waals surface area contributed by atoms with Gasteiger partial charge < -0.3 is 19.9 Å². The van der Waals surface area contributed by atoms with Crippen LogP contribution in [0.5, 0.6) is 0 Å².